The zero-order chi connectivity index (χ0) is 25.9. The Morgan fingerprint density at radius 2 is 1.92 bits per heavy atom. The SMILES string of the molecule is COC(=O)c1ccc(OC(c2ccccc2C(F)(F)F)n2cnc3cc(OC)c(OCCCl)cc32)s1. The van der Waals surface area contributed by atoms with E-state index in [-0.39, 0.29) is 28.0 Å². The van der Waals surface area contributed by atoms with Crippen LogP contribution in [0, 0.1) is 0 Å². The third-order valence-corrected chi connectivity index (χ3v) is 6.29. The average Bonchev–Trinajstić information content (AvgIpc) is 3.51. The van der Waals surface area contributed by atoms with Gasteiger partial charge < -0.3 is 18.9 Å². The third kappa shape index (κ3) is 5.21. The van der Waals surface area contributed by atoms with Crippen molar-refractivity contribution in [2.75, 3.05) is 26.7 Å². The Bertz CT molecular complexity index is 1370. The lowest BCUT2D eigenvalue weighted by atomic mass is 10.1. The Kier molecular flexibility index (Phi) is 7.60. The maximum Gasteiger partial charge on any atom is 0.416 e. The van der Waals surface area contributed by atoms with Gasteiger partial charge in [-0.25, -0.2) is 9.78 Å². The van der Waals surface area contributed by atoms with Crippen LogP contribution in [-0.4, -0.2) is 42.2 Å². The lowest BCUT2D eigenvalue weighted by molar-refractivity contribution is -0.139. The topological polar surface area (TPSA) is 71.8 Å². The van der Waals surface area contributed by atoms with Crippen molar-refractivity contribution in [2.45, 2.75) is 12.4 Å². The van der Waals surface area contributed by atoms with Crippen LogP contribution < -0.4 is 14.2 Å². The molecule has 4 rings (SSSR count). The van der Waals surface area contributed by atoms with Crippen LogP contribution in [0.3, 0.4) is 0 Å². The molecule has 12 heteroatoms. The summed E-state index contributed by atoms with van der Waals surface area (Å²) in [4.78, 5) is 16.5. The molecule has 4 aromatic rings. The van der Waals surface area contributed by atoms with E-state index in [1.807, 2.05) is 0 Å². The van der Waals surface area contributed by atoms with Crippen molar-refractivity contribution in [1.82, 2.24) is 9.55 Å². The molecule has 2 aromatic carbocycles. The summed E-state index contributed by atoms with van der Waals surface area (Å²) in [5.74, 6) is 0.390. The number of halogens is 4. The second-order valence-corrected chi connectivity index (χ2v) is 8.77. The number of hydrogen-bond donors (Lipinski definition) is 0. The van der Waals surface area contributed by atoms with Crippen molar-refractivity contribution in [2.24, 2.45) is 0 Å². The van der Waals surface area contributed by atoms with Gasteiger partial charge in [0.15, 0.2) is 16.6 Å². The maximum absolute atomic E-state index is 14.0. The predicted molar refractivity (Wildman–Crippen MR) is 128 cm³/mol. The zero-order valence-corrected chi connectivity index (χ0v) is 20.6. The molecule has 7 nitrogen and oxygen atoms in total. The molecule has 0 bridgehead atoms. The minimum Gasteiger partial charge on any atom is -0.493 e. The average molecular weight is 541 g/mol. The summed E-state index contributed by atoms with van der Waals surface area (Å²) in [5, 5.41) is 0.214. The summed E-state index contributed by atoms with van der Waals surface area (Å²) in [6, 6.07) is 11.3. The highest BCUT2D eigenvalue weighted by Crippen LogP contribution is 2.40. The van der Waals surface area contributed by atoms with Gasteiger partial charge in [-0.2, -0.15) is 13.2 Å². The van der Waals surface area contributed by atoms with Crippen molar-refractivity contribution < 1.29 is 36.9 Å². The van der Waals surface area contributed by atoms with Gasteiger partial charge >= 0.3 is 12.1 Å². The number of hydrogen-bond acceptors (Lipinski definition) is 7. The molecule has 2 heterocycles. The smallest absolute Gasteiger partial charge is 0.416 e. The summed E-state index contributed by atoms with van der Waals surface area (Å²) >= 11 is 6.70. The fraction of sp³-hybridized carbons (Fsp3) is 0.250. The maximum atomic E-state index is 14.0. The molecule has 2 aromatic heterocycles. The number of aromatic nitrogens is 2. The lowest BCUT2D eigenvalue weighted by Gasteiger charge is -2.24. The van der Waals surface area contributed by atoms with Crippen molar-refractivity contribution in [1.29, 1.82) is 0 Å². The summed E-state index contributed by atoms with van der Waals surface area (Å²) in [6.45, 7) is 0.194. The Morgan fingerprint density at radius 1 is 1.14 bits per heavy atom. The van der Waals surface area contributed by atoms with E-state index in [0.29, 0.717) is 22.5 Å². The number of nitrogens with zero attached hydrogens (tertiary/aromatic N) is 2. The third-order valence-electron chi connectivity index (χ3n) is 5.18. The normalized spacial score (nSPS) is 12.4. The lowest BCUT2D eigenvalue weighted by Crippen LogP contribution is -2.21. The van der Waals surface area contributed by atoms with E-state index in [1.165, 1.54) is 55.4 Å². The van der Waals surface area contributed by atoms with E-state index in [0.717, 1.165) is 17.4 Å². The van der Waals surface area contributed by atoms with Gasteiger partial charge in [-0.3, -0.25) is 4.57 Å². The Hall–Kier alpha value is -3.44. The number of methoxy groups -OCH3 is 2. The monoisotopic (exact) mass is 540 g/mol. The minimum absolute atomic E-state index is 0.142. The Morgan fingerprint density at radius 3 is 2.61 bits per heavy atom. The highest BCUT2D eigenvalue weighted by molar-refractivity contribution is 7.15. The zero-order valence-electron chi connectivity index (χ0n) is 19.0. The number of benzene rings is 2. The van der Waals surface area contributed by atoms with Crippen molar-refractivity contribution in [3.05, 3.63) is 70.9 Å². The molecular weight excluding hydrogens is 521 g/mol. The van der Waals surface area contributed by atoms with Gasteiger partial charge in [-0.1, -0.05) is 29.5 Å². The summed E-state index contributed by atoms with van der Waals surface area (Å²) < 4.78 is 65.2. The van der Waals surface area contributed by atoms with Crippen LogP contribution in [-0.2, 0) is 10.9 Å². The summed E-state index contributed by atoms with van der Waals surface area (Å²) in [5.41, 5.74) is -0.123. The molecule has 0 aliphatic rings. The van der Waals surface area contributed by atoms with E-state index in [2.05, 4.69) is 4.98 Å². The number of carbonyl (C=O) groups excluding carboxylic acids is 1. The summed E-state index contributed by atoms with van der Waals surface area (Å²) in [6.07, 6.45) is -4.55. The molecule has 36 heavy (non-hydrogen) atoms. The van der Waals surface area contributed by atoms with Gasteiger partial charge in [0.2, 0.25) is 6.23 Å². The molecule has 0 spiro atoms. The van der Waals surface area contributed by atoms with E-state index in [9.17, 15) is 18.0 Å². The molecule has 0 saturated heterocycles. The second kappa shape index (κ2) is 10.7. The number of esters is 1. The number of ether oxygens (including phenoxy) is 4. The molecule has 0 radical (unpaired) electrons. The first-order valence-corrected chi connectivity index (χ1v) is 11.9. The predicted octanol–water partition coefficient (Wildman–Crippen LogP) is 6.16. The molecule has 0 aliphatic carbocycles. The number of rotatable bonds is 9. The molecule has 0 N–H and O–H groups in total. The largest absolute Gasteiger partial charge is 0.493 e. The highest BCUT2D eigenvalue weighted by Gasteiger charge is 2.36. The van der Waals surface area contributed by atoms with Gasteiger partial charge in [0.25, 0.3) is 0 Å². The van der Waals surface area contributed by atoms with Crippen LogP contribution in [0.5, 0.6) is 16.6 Å². The van der Waals surface area contributed by atoms with Gasteiger partial charge in [-0.15, -0.1) is 11.6 Å². The standard InChI is InChI=1S/C24H20ClF3N2O5S/c1-32-18-11-16-17(12-19(18)34-10-9-25)30(13-29-16)22(14-5-3-4-6-15(14)24(26,27)28)35-21-8-7-20(36-21)23(31)33-2/h3-8,11-13,22H,9-10H2,1-2H3. The van der Waals surface area contributed by atoms with Crippen LogP contribution in [0.1, 0.15) is 27.0 Å². The van der Waals surface area contributed by atoms with Crippen LogP contribution in [0.4, 0.5) is 13.2 Å². The molecule has 0 aliphatic heterocycles. The Balaban J connectivity index is 1.88. The fourth-order valence-corrected chi connectivity index (χ4v) is 4.46. The minimum atomic E-state index is -4.64. The van der Waals surface area contributed by atoms with Gasteiger partial charge in [-0.05, 0) is 18.2 Å². The van der Waals surface area contributed by atoms with E-state index in [1.54, 1.807) is 12.1 Å². The van der Waals surface area contributed by atoms with Crippen LogP contribution >= 0.6 is 22.9 Å². The second-order valence-electron chi connectivity index (χ2n) is 7.35. The molecule has 0 saturated carbocycles. The number of thiophene rings is 1. The van der Waals surface area contributed by atoms with Gasteiger partial charge in [0, 0.05) is 17.7 Å². The van der Waals surface area contributed by atoms with Gasteiger partial charge in [0.1, 0.15) is 11.5 Å². The van der Waals surface area contributed by atoms with Crippen LogP contribution in [0.15, 0.2) is 54.9 Å². The van der Waals surface area contributed by atoms with E-state index in [4.69, 9.17) is 30.5 Å². The number of imidazole rings is 1. The quantitative estimate of drug-likeness (QED) is 0.187. The Labute approximate surface area is 212 Å². The van der Waals surface area contributed by atoms with Gasteiger partial charge in [0.05, 0.1) is 43.0 Å². The highest BCUT2D eigenvalue weighted by atomic mass is 35.5. The molecular formula is C24H20ClF3N2O5S. The van der Waals surface area contributed by atoms with Crippen molar-refractivity contribution in [3.63, 3.8) is 0 Å². The first kappa shape index (κ1) is 25.6. The van der Waals surface area contributed by atoms with Crippen molar-refractivity contribution >= 4 is 39.9 Å². The van der Waals surface area contributed by atoms with E-state index >= 15 is 0 Å². The number of fused-ring (bicyclic) bond motifs is 1. The van der Waals surface area contributed by atoms with Crippen molar-refractivity contribution in [3.8, 4) is 16.6 Å². The number of carbonyl (C=O) groups is 1. The first-order valence-electron chi connectivity index (χ1n) is 10.5. The molecule has 190 valence electrons. The van der Waals surface area contributed by atoms with Crippen LogP contribution in [0.25, 0.3) is 11.0 Å². The number of alkyl halides is 4. The summed E-state index contributed by atoms with van der Waals surface area (Å²) in [7, 11) is 2.70. The van der Waals surface area contributed by atoms with E-state index < -0.39 is 23.9 Å². The van der Waals surface area contributed by atoms with Crippen LogP contribution in [0.2, 0.25) is 0 Å². The molecule has 1 unspecified atom stereocenters. The fourth-order valence-electron chi connectivity index (χ4n) is 3.59. The first-order chi connectivity index (χ1) is 17.3. The molecule has 1 atom stereocenters. The molecule has 0 fully saturated rings. The molecule has 0 amide bonds.